The molecule has 0 saturated carbocycles. The van der Waals surface area contributed by atoms with Crippen molar-refractivity contribution in [3.63, 3.8) is 0 Å². The summed E-state index contributed by atoms with van der Waals surface area (Å²) in [4.78, 5) is 60.8. The molecular formula is C83H127N17. The molecule has 1 saturated heterocycles. The predicted molar refractivity (Wildman–Crippen MR) is 416 cm³/mol. The highest BCUT2D eigenvalue weighted by molar-refractivity contribution is 5.32. The fraction of sp³-hybridized carbons (Fsp3) is 0.542. The quantitative estimate of drug-likeness (QED) is 0.150. The number of rotatable bonds is 1. The minimum absolute atomic E-state index is 0.0707. The zero-order valence-corrected chi connectivity index (χ0v) is 67.7. The van der Waals surface area contributed by atoms with Crippen LogP contribution in [0, 0.1) is 34.6 Å². The van der Waals surface area contributed by atoms with Crippen LogP contribution in [0.25, 0.3) is 0 Å². The van der Waals surface area contributed by atoms with Crippen molar-refractivity contribution in [3.8, 4) is 0 Å². The lowest BCUT2D eigenvalue weighted by Gasteiger charge is -2.20. The fourth-order valence-electron chi connectivity index (χ4n) is 8.05. The molecule has 1 fully saturated rings. The van der Waals surface area contributed by atoms with Gasteiger partial charge >= 0.3 is 0 Å². The first-order valence-electron chi connectivity index (χ1n) is 35.0. The standard InChI is InChI=1S/C12H19N3.C10H15N.4C9H14N2.C9H13N.2C8H12N2/c1-12(2,3)10-8-13-11(14-9-10)15-6-4-5-7-15;1-8-5-6-9(7-11-8)10(2,3)4;4*1-7-10-5-8(6-11-7)9(2,3)4;1-9(2,3)8-5-4-6-10-7-8;1-8(2,3)7-4-5-9-10-6-7;1-8(2,3)7-9-5-4-6-10-7/h8-9H,4-7H2,1-3H3;5-7H,1-4H3;4*5-6H,1-4H3;4-7H,1-3H3;2*4-6H,1-3H3. The summed E-state index contributed by atoms with van der Waals surface area (Å²) in [7, 11) is 0. The lowest BCUT2D eigenvalue weighted by atomic mass is 9.88. The van der Waals surface area contributed by atoms with Crippen LogP contribution in [-0.2, 0) is 48.7 Å². The summed E-state index contributed by atoms with van der Waals surface area (Å²) in [5.74, 6) is 5.11. The molecule has 0 bridgehead atoms. The third-order valence-electron chi connectivity index (χ3n) is 15.5. The molecule has 0 amide bonds. The summed E-state index contributed by atoms with van der Waals surface area (Å²) < 4.78 is 0. The summed E-state index contributed by atoms with van der Waals surface area (Å²) >= 11 is 0. The van der Waals surface area contributed by atoms with Gasteiger partial charge in [-0.3, -0.25) is 9.97 Å². The molecule has 1 aliphatic rings. The molecule has 0 aromatic carbocycles. The summed E-state index contributed by atoms with van der Waals surface area (Å²) in [5, 5.41) is 7.51. The minimum Gasteiger partial charge on any atom is -0.341 e. The second kappa shape index (κ2) is 39.0. The average Bonchev–Trinajstić information content (AvgIpc) is 1.24. The Morgan fingerprint density at radius 2 is 0.550 bits per heavy atom. The Hall–Kier alpha value is -8.34. The molecule has 10 rings (SSSR count). The van der Waals surface area contributed by atoms with E-state index in [4.69, 9.17) is 0 Å². The molecule has 0 N–H and O–H groups in total. The van der Waals surface area contributed by atoms with Crippen LogP contribution in [0.4, 0.5) is 5.95 Å². The second-order valence-electron chi connectivity index (χ2n) is 34.4. The summed E-state index contributed by atoms with van der Waals surface area (Å²) in [6, 6.07) is 12.1. The highest BCUT2D eigenvalue weighted by Crippen LogP contribution is 2.27. The van der Waals surface area contributed by atoms with Gasteiger partial charge < -0.3 is 4.90 Å². The van der Waals surface area contributed by atoms with Gasteiger partial charge in [-0.05, 0) is 160 Å². The lowest BCUT2D eigenvalue weighted by Crippen LogP contribution is -2.21. The SMILES string of the molecule is CC(C)(C)c1cccnc1.CC(C)(C)c1ccnnc1.CC(C)(C)c1cnc(N2CCCC2)nc1.CC(C)(C)c1ncccn1.Cc1ccc(C(C)(C)C)cn1.Cc1ncc(C(C)(C)C)cn1.Cc1ncc(C(C)(C)C)cn1.Cc1ncc(C(C)(C)C)cn1.Cc1ncc(C(C)(C)C)cn1. The third kappa shape index (κ3) is 35.6. The molecular weight excluding hydrogens is 1240 g/mol. The Kier molecular flexibility index (Phi) is 34.2. The van der Waals surface area contributed by atoms with E-state index in [0.717, 1.165) is 53.9 Å². The van der Waals surface area contributed by atoms with E-state index in [-0.39, 0.29) is 48.7 Å². The molecule has 9 aromatic heterocycles. The number of anilines is 1. The third-order valence-corrected chi connectivity index (χ3v) is 15.5. The van der Waals surface area contributed by atoms with E-state index in [1.54, 1.807) is 31.0 Å². The summed E-state index contributed by atoms with van der Waals surface area (Å²) in [6.45, 7) is 70.1. The van der Waals surface area contributed by atoms with E-state index in [2.05, 4.69) is 290 Å². The molecule has 0 radical (unpaired) electrons. The van der Waals surface area contributed by atoms with Crippen LogP contribution in [0.5, 0.6) is 0 Å². The number of hydrogen-bond acceptors (Lipinski definition) is 17. The van der Waals surface area contributed by atoms with Crippen molar-refractivity contribution in [1.82, 2.24) is 80.0 Å². The van der Waals surface area contributed by atoms with Crippen LogP contribution in [0.15, 0.2) is 142 Å². The van der Waals surface area contributed by atoms with Gasteiger partial charge in [-0.25, -0.2) is 59.8 Å². The zero-order chi connectivity index (χ0) is 76.1. The molecule has 0 atom stereocenters. The molecule has 10 heterocycles. The van der Waals surface area contributed by atoms with Gasteiger partial charge in [0.25, 0.3) is 0 Å². The Morgan fingerprint density at radius 3 is 0.780 bits per heavy atom. The number of hydrogen-bond donors (Lipinski definition) is 0. The molecule has 0 spiro atoms. The first-order valence-corrected chi connectivity index (χ1v) is 35.0. The molecule has 544 valence electrons. The highest BCUT2D eigenvalue weighted by Gasteiger charge is 2.21. The van der Waals surface area contributed by atoms with E-state index in [1.807, 2.05) is 127 Å². The monoisotopic (exact) mass is 1360 g/mol. The first kappa shape index (κ1) is 87.7. The molecule has 1 aliphatic heterocycles. The Morgan fingerprint density at radius 1 is 0.250 bits per heavy atom. The Labute approximate surface area is 605 Å². The largest absolute Gasteiger partial charge is 0.341 e. The zero-order valence-electron chi connectivity index (χ0n) is 67.7. The summed E-state index contributed by atoms with van der Waals surface area (Å²) in [6.07, 6.45) is 34.3. The van der Waals surface area contributed by atoms with Crippen LogP contribution >= 0.6 is 0 Å². The topological polar surface area (TPSA) is 209 Å². The molecule has 0 aliphatic carbocycles. The van der Waals surface area contributed by atoms with E-state index in [1.165, 1.54) is 57.3 Å². The maximum Gasteiger partial charge on any atom is 0.225 e. The first-order chi connectivity index (χ1) is 45.9. The van der Waals surface area contributed by atoms with Crippen molar-refractivity contribution in [1.29, 1.82) is 0 Å². The molecule has 17 nitrogen and oxygen atoms in total. The number of aryl methyl sites for hydroxylation is 5. The van der Waals surface area contributed by atoms with Crippen LogP contribution in [0.3, 0.4) is 0 Å². The smallest absolute Gasteiger partial charge is 0.225 e. The maximum absolute atomic E-state index is 4.44. The van der Waals surface area contributed by atoms with Crippen molar-refractivity contribution in [2.45, 2.75) is 283 Å². The van der Waals surface area contributed by atoms with E-state index >= 15 is 0 Å². The number of nitrogens with zero attached hydrogens (tertiary/aromatic N) is 17. The fourth-order valence-corrected chi connectivity index (χ4v) is 8.05. The predicted octanol–water partition coefficient (Wildman–Crippen LogP) is 19.3. The van der Waals surface area contributed by atoms with Crippen molar-refractivity contribution in [2.75, 3.05) is 18.0 Å². The van der Waals surface area contributed by atoms with Crippen molar-refractivity contribution in [3.05, 3.63) is 221 Å². The van der Waals surface area contributed by atoms with Gasteiger partial charge in [0.15, 0.2) is 0 Å². The van der Waals surface area contributed by atoms with E-state index in [9.17, 15) is 0 Å². The average molecular weight is 1360 g/mol. The van der Waals surface area contributed by atoms with Gasteiger partial charge in [-0.1, -0.05) is 199 Å². The van der Waals surface area contributed by atoms with Gasteiger partial charge in [-0.2, -0.15) is 10.2 Å². The lowest BCUT2D eigenvalue weighted by molar-refractivity contribution is 0.545. The van der Waals surface area contributed by atoms with E-state index in [0.29, 0.717) is 0 Å². The molecule has 0 unspecified atom stereocenters. The van der Waals surface area contributed by atoms with Crippen molar-refractivity contribution >= 4 is 5.95 Å². The van der Waals surface area contributed by atoms with Crippen LogP contribution < -0.4 is 4.90 Å². The minimum atomic E-state index is 0.0707. The molecule has 9 aromatic rings. The normalized spacial score (nSPS) is 12.4. The number of aromatic nitrogens is 16. The van der Waals surface area contributed by atoms with Crippen LogP contribution in [0.1, 0.15) is 279 Å². The number of pyridine rings is 2. The van der Waals surface area contributed by atoms with Gasteiger partial charge in [0, 0.05) is 123 Å². The summed E-state index contributed by atoms with van der Waals surface area (Å²) in [5.41, 5.74) is 12.3. The maximum atomic E-state index is 4.44. The van der Waals surface area contributed by atoms with Gasteiger partial charge in [0.05, 0.1) is 6.20 Å². The Balaban J connectivity index is 0.000000384. The van der Waals surface area contributed by atoms with Crippen molar-refractivity contribution < 1.29 is 0 Å². The van der Waals surface area contributed by atoms with Crippen LogP contribution in [0.2, 0.25) is 0 Å². The van der Waals surface area contributed by atoms with Gasteiger partial charge in [0.1, 0.15) is 29.1 Å². The molecule has 17 heteroatoms. The van der Waals surface area contributed by atoms with Gasteiger partial charge in [-0.15, -0.1) is 0 Å². The van der Waals surface area contributed by atoms with Crippen LogP contribution in [-0.4, -0.2) is 93.1 Å². The van der Waals surface area contributed by atoms with E-state index < -0.39 is 0 Å². The van der Waals surface area contributed by atoms with Crippen molar-refractivity contribution in [2.24, 2.45) is 0 Å². The molecule has 100 heavy (non-hydrogen) atoms. The van der Waals surface area contributed by atoms with Gasteiger partial charge in [0.2, 0.25) is 5.95 Å². The Bertz CT molecular complexity index is 3190. The second-order valence-corrected chi connectivity index (χ2v) is 34.4. The highest BCUT2D eigenvalue weighted by atomic mass is 15.3.